The Hall–Kier alpha value is -3.76. The first kappa shape index (κ1) is 21.9. The van der Waals surface area contributed by atoms with E-state index in [9.17, 15) is 19.7 Å². The van der Waals surface area contributed by atoms with Crippen LogP contribution in [0.4, 0.5) is 17.3 Å². The van der Waals surface area contributed by atoms with Gasteiger partial charge in [-0.25, -0.2) is 9.97 Å². The number of nitro groups is 1. The van der Waals surface area contributed by atoms with E-state index in [1.165, 1.54) is 6.33 Å². The van der Waals surface area contributed by atoms with Gasteiger partial charge in [0.15, 0.2) is 0 Å². The van der Waals surface area contributed by atoms with Crippen LogP contribution in [0.25, 0.3) is 0 Å². The van der Waals surface area contributed by atoms with Crippen LogP contribution in [-0.2, 0) is 9.53 Å². The molecule has 0 spiro atoms. The Labute approximate surface area is 178 Å². The molecule has 0 aliphatic carbocycles. The molecule has 2 N–H and O–H groups in total. The summed E-state index contributed by atoms with van der Waals surface area (Å²) >= 11 is 0. The number of amides is 1. The summed E-state index contributed by atoms with van der Waals surface area (Å²) in [5.41, 5.74) is 5.81. The number of nitrogens with one attached hydrogen (secondary N) is 2. The zero-order valence-electron chi connectivity index (χ0n) is 17.3. The van der Waals surface area contributed by atoms with Crippen molar-refractivity contribution in [2.24, 2.45) is 5.92 Å². The van der Waals surface area contributed by atoms with E-state index in [1.54, 1.807) is 36.9 Å². The molecule has 1 aromatic carbocycles. The molecule has 2 heterocycles. The van der Waals surface area contributed by atoms with Crippen LogP contribution in [0, 0.1) is 23.0 Å². The molecule has 1 aliphatic heterocycles. The maximum Gasteiger partial charge on any atom is 0.355 e. The van der Waals surface area contributed by atoms with Crippen LogP contribution >= 0.6 is 0 Å². The van der Waals surface area contributed by atoms with E-state index in [-0.39, 0.29) is 42.4 Å². The first-order valence-corrected chi connectivity index (χ1v) is 9.95. The van der Waals surface area contributed by atoms with Crippen molar-refractivity contribution in [1.29, 1.82) is 0 Å². The van der Waals surface area contributed by atoms with Crippen LogP contribution in [0.15, 0.2) is 30.6 Å². The van der Waals surface area contributed by atoms with Gasteiger partial charge in [0.05, 0.1) is 17.4 Å². The minimum absolute atomic E-state index is 0.0849. The smallest absolute Gasteiger partial charge is 0.355 e. The molecule has 31 heavy (non-hydrogen) atoms. The maximum atomic E-state index is 12.4. The molecule has 2 aromatic rings. The second-order valence-corrected chi connectivity index (χ2v) is 7.08. The molecule has 11 heteroatoms. The minimum atomic E-state index is -0.606. The molecular weight excluding hydrogens is 404 g/mol. The molecule has 1 aliphatic rings. The number of benzene rings is 1. The van der Waals surface area contributed by atoms with Crippen molar-refractivity contribution in [3.8, 4) is 0 Å². The van der Waals surface area contributed by atoms with Crippen molar-refractivity contribution in [3.63, 3.8) is 0 Å². The van der Waals surface area contributed by atoms with Crippen molar-refractivity contribution < 1.29 is 19.2 Å². The summed E-state index contributed by atoms with van der Waals surface area (Å²) < 4.78 is 5.09. The van der Waals surface area contributed by atoms with Crippen molar-refractivity contribution in [3.05, 3.63) is 51.8 Å². The fourth-order valence-corrected chi connectivity index (χ4v) is 3.49. The molecule has 1 fully saturated rings. The molecule has 3 rings (SSSR count). The monoisotopic (exact) mass is 428 g/mol. The van der Waals surface area contributed by atoms with Crippen molar-refractivity contribution in [2.75, 3.05) is 30.0 Å². The number of hydrogen-bond acceptors (Lipinski definition) is 9. The molecule has 0 saturated carbocycles. The average Bonchev–Trinajstić information content (AvgIpc) is 2.77. The predicted octanol–water partition coefficient (Wildman–Crippen LogP) is 2.23. The summed E-state index contributed by atoms with van der Waals surface area (Å²) in [7, 11) is 0. The number of ether oxygens (including phenoxy) is 1. The van der Waals surface area contributed by atoms with Gasteiger partial charge in [-0.3, -0.25) is 30.6 Å². The van der Waals surface area contributed by atoms with Crippen LogP contribution in [0.2, 0.25) is 0 Å². The van der Waals surface area contributed by atoms with Gasteiger partial charge in [-0.2, -0.15) is 0 Å². The molecule has 1 saturated heterocycles. The number of hydrogen-bond donors (Lipinski definition) is 2. The number of aromatic nitrogens is 2. The highest BCUT2D eigenvalue weighted by Crippen LogP contribution is 2.34. The lowest BCUT2D eigenvalue weighted by molar-refractivity contribution is -0.383. The minimum Gasteiger partial charge on any atom is -0.466 e. The third-order valence-electron chi connectivity index (χ3n) is 5.01. The number of carbonyl (C=O) groups is 2. The number of rotatable bonds is 7. The Kier molecular flexibility index (Phi) is 6.96. The normalized spacial score (nSPS) is 15.8. The van der Waals surface area contributed by atoms with Gasteiger partial charge in [-0.1, -0.05) is 18.2 Å². The lowest BCUT2D eigenvalue weighted by Gasteiger charge is -2.32. The number of esters is 1. The molecule has 11 nitrogen and oxygen atoms in total. The van der Waals surface area contributed by atoms with E-state index in [0.717, 1.165) is 5.56 Å². The first-order chi connectivity index (χ1) is 14.9. The van der Waals surface area contributed by atoms with E-state index in [2.05, 4.69) is 20.8 Å². The Morgan fingerprint density at radius 1 is 1.32 bits per heavy atom. The van der Waals surface area contributed by atoms with Crippen LogP contribution in [-0.4, -0.2) is 46.5 Å². The van der Waals surface area contributed by atoms with E-state index < -0.39 is 10.8 Å². The molecule has 1 unspecified atom stereocenters. The molecule has 1 atom stereocenters. The topological polar surface area (TPSA) is 140 Å². The van der Waals surface area contributed by atoms with E-state index in [1.807, 2.05) is 6.07 Å². The molecule has 1 amide bonds. The second kappa shape index (κ2) is 9.83. The largest absolute Gasteiger partial charge is 0.466 e. The van der Waals surface area contributed by atoms with Gasteiger partial charge >= 0.3 is 11.7 Å². The standard InChI is InChI=1S/C20H24N6O5/c1-3-31-20(28)14-8-6-10-25(11-14)18-16(26(29)30)17(21-12-22-18)23-24-19(27)15-9-5-4-7-13(15)2/h4-5,7,9,12,14H,3,6,8,10-11H2,1-2H3,(H,24,27)(H,21,22,23). The molecule has 164 valence electrons. The van der Waals surface area contributed by atoms with E-state index in [4.69, 9.17) is 4.74 Å². The van der Waals surface area contributed by atoms with Gasteiger partial charge in [-0.05, 0) is 38.3 Å². The van der Waals surface area contributed by atoms with Crippen molar-refractivity contribution in [1.82, 2.24) is 15.4 Å². The number of hydrazine groups is 1. The summed E-state index contributed by atoms with van der Waals surface area (Å²) in [6, 6.07) is 6.97. The van der Waals surface area contributed by atoms with Crippen molar-refractivity contribution in [2.45, 2.75) is 26.7 Å². The van der Waals surface area contributed by atoms with Crippen molar-refractivity contribution >= 4 is 29.2 Å². The average molecular weight is 428 g/mol. The Morgan fingerprint density at radius 3 is 2.81 bits per heavy atom. The van der Waals surface area contributed by atoms with Crippen LogP contribution in [0.5, 0.6) is 0 Å². The first-order valence-electron chi connectivity index (χ1n) is 9.95. The molecular formula is C20H24N6O5. The fourth-order valence-electron chi connectivity index (χ4n) is 3.49. The molecule has 1 aromatic heterocycles. The number of piperidine rings is 1. The lowest BCUT2D eigenvalue weighted by atomic mass is 9.98. The second-order valence-electron chi connectivity index (χ2n) is 7.08. The van der Waals surface area contributed by atoms with Gasteiger partial charge in [-0.15, -0.1) is 0 Å². The van der Waals surface area contributed by atoms with E-state index in [0.29, 0.717) is 24.9 Å². The Balaban J connectivity index is 1.81. The highest BCUT2D eigenvalue weighted by atomic mass is 16.6. The van der Waals surface area contributed by atoms with Gasteiger partial charge < -0.3 is 9.64 Å². The van der Waals surface area contributed by atoms with E-state index >= 15 is 0 Å². The Morgan fingerprint density at radius 2 is 2.10 bits per heavy atom. The predicted molar refractivity (Wildman–Crippen MR) is 113 cm³/mol. The van der Waals surface area contributed by atoms with Crippen LogP contribution < -0.4 is 15.8 Å². The lowest BCUT2D eigenvalue weighted by Crippen LogP contribution is -2.40. The summed E-state index contributed by atoms with van der Waals surface area (Å²) in [6.07, 6.45) is 2.49. The highest BCUT2D eigenvalue weighted by Gasteiger charge is 2.33. The number of nitrogens with zero attached hydrogens (tertiary/aromatic N) is 4. The molecule has 0 bridgehead atoms. The number of anilines is 2. The summed E-state index contributed by atoms with van der Waals surface area (Å²) in [5.74, 6) is -1.22. The zero-order chi connectivity index (χ0) is 22.4. The molecule has 0 radical (unpaired) electrons. The quantitative estimate of drug-likeness (QED) is 0.386. The van der Waals surface area contributed by atoms with Crippen LogP contribution in [0.1, 0.15) is 35.7 Å². The maximum absolute atomic E-state index is 12.4. The SMILES string of the molecule is CCOC(=O)C1CCCN(c2ncnc(NNC(=O)c3ccccc3C)c2[N+](=O)[O-])C1. The summed E-state index contributed by atoms with van der Waals surface area (Å²) in [5, 5.41) is 11.8. The van der Waals surface area contributed by atoms with Crippen LogP contribution in [0.3, 0.4) is 0 Å². The number of aryl methyl sites for hydroxylation is 1. The van der Waals surface area contributed by atoms with Gasteiger partial charge in [0.2, 0.25) is 11.6 Å². The van der Waals surface area contributed by atoms with Gasteiger partial charge in [0, 0.05) is 18.7 Å². The summed E-state index contributed by atoms with van der Waals surface area (Å²) in [4.78, 5) is 45.5. The zero-order valence-corrected chi connectivity index (χ0v) is 17.3. The van der Waals surface area contributed by atoms with Gasteiger partial charge in [0.25, 0.3) is 5.91 Å². The fraction of sp³-hybridized carbons (Fsp3) is 0.400. The van der Waals surface area contributed by atoms with Gasteiger partial charge in [0.1, 0.15) is 6.33 Å². The Bertz CT molecular complexity index is 982. The highest BCUT2D eigenvalue weighted by molar-refractivity contribution is 5.96. The third-order valence-corrected chi connectivity index (χ3v) is 5.01. The number of carbonyl (C=O) groups excluding carboxylic acids is 2. The summed E-state index contributed by atoms with van der Waals surface area (Å²) in [6.45, 7) is 4.56. The third kappa shape index (κ3) is 5.05.